The Morgan fingerprint density at radius 2 is 1.06 bits per heavy atom. The van der Waals surface area contributed by atoms with Crippen LogP contribution >= 0.6 is 0 Å². The fraction of sp³-hybridized carbons (Fsp3) is 0.889. The van der Waals surface area contributed by atoms with Crippen LogP contribution in [0.1, 0.15) is 27.7 Å². The minimum absolute atomic E-state index is 0. The summed E-state index contributed by atoms with van der Waals surface area (Å²) in [5.74, 6) is 0.0995. The molecule has 0 amide bonds. The van der Waals surface area contributed by atoms with Crippen LogP contribution in [0.25, 0.3) is 0 Å². The average Bonchev–Trinajstić information content (AvgIpc) is 2.03. The van der Waals surface area contributed by atoms with Gasteiger partial charge in [0, 0.05) is 70.3 Å². The van der Waals surface area contributed by atoms with E-state index in [-0.39, 0.29) is 70.3 Å². The average molecular weight is 502 g/mol. The third-order valence-corrected chi connectivity index (χ3v) is 1.34. The van der Waals surface area contributed by atoms with Gasteiger partial charge in [0.25, 0.3) is 0 Å². The maximum absolute atomic E-state index is 8.65. The molecule has 0 rings (SSSR count). The minimum Gasteiger partial charge on any atom is -0.533 e. The molecule has 0 bridgehead atoms. The first-order chi connectivity index (χ1) is 5.82. The van der Waals surface area contributed by atoms with Gasteiger partial charge in [-0.2, -0.15) is 0 Å². The standard InChI is InChI=1S/C5H11O2.C4H10O2.3Rh/c1-4(2)5(6)7-3;1-3(2)4(5)6;;;/h4-6H,3H2,1-2H3;3-6H,1-2H3;;;/q-1;;;;. The summed E-state index contributed by atoms with van der Waals surface area (Å²) in [6, 6.07) is 0. The molecule has 1 atom stereocenters. The summed E-state index contributed by atoms with van der Waals surface area (Å²) in [5, 5.41) is 25.0. The molecule has 0 aromatic carbocycles. The van der Waals surface area contributed by atoms with Crippen molar-refractivity contribution in [3.05, 3.63) is 7.11 Å². The summed E-state index contributed by atoms with van der Waals surface area (Å²) < 4.78 is 4.32. The Hall–Kier alpha value is 1.71. The SMILES string of the molecule is CC(C)C(O)O.[CH2-]OC(O)C(C)C.[Rh].[Rh].[Rh]. The van der Waals surface area contributed by atoms with Gasteiger partial charge in [-0.05, 0) is 0 Å². The summed E-state index contributed by atoms with van der Waals surface area (Å²) in [6.45, 7) is 7.20. The Bertz CT molecular complexity index is 107. The summed E-state index contributed by atoms with van der Waals surface area (Å²) in [6.07, 6.45) is -1.86. The third-order valence-electron chi connectivity index (χ3n) is 1.34. The van der Waals surface area contributed by atoms with Crippen molar-refractivity contribution in [1.29, 1.82) is 0 Å². The van der Waals surface area contributed by atoms with Crippen molar-refractivity contribution >= 4 is 0 Å². The molecule has 0 aliphatic heterocycles. The van der Waals surface area contributed by atoms with Gasteiger partial charge in [-0.3, -0.25) is 0 Å². The molecule has 3 N–H and O–H groups in total. The van der Waals surface area contributed by atoms with Gasteiger partial charge in [0.15, 0.2) is 6.29 Å². The quantitative estimate of drug-likeness (QED) is 0.303. The van der Waals surface area contributed by atoms with Crippen LogP contribution in [0.5, 0.6) is 0 Å². The molecule has 0 heterocycles. The van der Waals surface area contributed by atoms with Crippen LogP contribution in [0.4, 0.5) is 0 Å². The molecule has 0 aromatic rings. The molecule has 4 nitrogen and oxygen atoms in total. The fourth-order valence-corrected chi connectivity index (χ4v) is 0.192. The molecule has 0 aliphatic rings. The van der Waals surface area contributed by atoms with E-state index in [4.69, 9.17) is 15.3 Å². The van der Waals surface area contributed by atoms with Gasteiger partial charge in [0.2, 0.25) is 0 Å². The monoisotopic (exact) mass is 502 g/mol. The first kappa shape index (κ1) is 30.6. The molecule has 7 heteroatoms. The van der Waals surface area contributed by atoms with Crippen LogP contribution in [-0.2, 0) is 63.2 Å². The van der Waals surface area contributed by atoms with E-state index in [0.717, 1.165) is 0 Å². The fourth-order valence-electron chi connectivity index (χ4n) is 0.192. The minimum atomic E-state index is -1.15. The van der Waals surface area contributed by atoms with E-state index in [2.05, 4.69) is 11.8 Å². The molecule has 0 aromatic heterocycles. The van der Waals surface area contributed by atoms with Gasteiger partial charge in [-0.15, -0.1) is 0 Å². The molecule has 3 radical (unpaired) electrons. The molecular formula is C9H21O4Rh3-. The van der Waals surface area contributed by atoms with Gasteiger partial charge >= 0.3 is 0 Å². The Balaban J connectivity index is -0.0000000428. The zero-order valence-electron chi connectivity index (χ0n) is 9.77. The number of rotatable bonds is 3. The van der Waals surface area contributed by atoms with Gasteiger partial charge < -0.3 is 20.1 Å². The second-order valence-corrected chi connectivity index (χ2v) is 3.46. The second kappa shape index (κ2) is 19.1. The number of hydrogen-bond donors (Lipinski definition) is 3. The normalized spacial score (nSPS) is 10.7. The van der Waals surface area contributed by atoms with Crippen molar-refractivity contribution in [2.24, 2.45) is 11.8 Å². The first-order valence-electron chi connectivity index (χ1n) is 4.28. The van der Waals surface area contributed by atoms with Crippen molar-refractivity contribution < 1.29 is 78.5 Å². The van der Waals surface area contributed by atoms with Crippen LogP contribution in [0.15, 0.2) is 0 Å². The number of aliphatic hydroxyl groups excluding tert-OH is 2. The summed E-state index contributed by atoms with van der Waals surface area (Å²) in [4.78, 5) is 0. The molecular weight excluding hydrogens is 481 g/mol. The van der Waals surface area contributed by atoms with E-state index in [9.17, 15) is 0 Å². The first-order valence-corrected chi connectivity index (χ1v) is 4.28. The maximum atomic E-state index is 8.65. The van der Waals surface area contributed by atoms with Gasteiger partial charge in [-0.1, -0.05) is 27.7 Å². The Morgan fingerprint density at radius 1 is 0.812 bits per heavy atom. The maximum Gasteiger partial charge on any atom is 0.153 e. The van der Waals surface area contributed by atoms with Crippen LogP contribution < -0.4 is 0 Å². The number of aliphatic hydroxyl groups is 3. The van der Waals surface area contributed by atoms with Crippen molar-refractivity contribution in [3.63, 3.8) is 0 Å². The van der Waals surface area contributed by atoms with E-state index >= 15 is 0 Å². The van der Waals surface area contributed by atoms with E-state index in [0.29, 0.717) is 0 Å². The molecule has 16 heavy (non-hydrogen) atoms. The number of ether oxygens (including phenoxy) is 1. The van der Waals surface area contributed by atoms with Crippen molar-refractivity contribution in [3.8, 4) is 0 Å². The van der Waals surface area contributed by atoms with Crippen LogP contribution in [0.2, 0.25) is 0 Å². The summed E-state index contributed by atoms with van der Waals surface area (Å²) in [7, 11) is 3.06. The zero-order valence-corrected chi connectivity index (χ0v) is 14.7. The largest absolute Gasteiger partial charge is 0.533 e. The predicted molar refractivity (Wildman–Crippen MR) is 50.4 cm³/mol. The van der Waals surface area contributed by atoms with E-state index in [1.54, 1.807) is 13.8 Å². The molecule has 0 saturated heterocycles. The topological polar surface area (TPSA) is 69.9 Å². The predicted octanol–water partition coefficient (Wildman–Crippen LogP) is 0.715. The van der Waals surface area contributed by atoms with Crippen molar-refractivity contribution in [1.82, 2.24) is 0 Å². The van der Waals surface area contributed by atoms with Crippen LogP contribution in [0.3, 0.4) is 0 Å². The summed E-state index contributed by atoms with van der Waals surface area (Å²) in [5.41, 5.74) is 0. The Morgan fingerprint density at radius 3 is 1.06 bits per heavy atom. The number of hydrogen-bond acceptors (Lipinski definition) is 4. The molecule has 0 aliphatic carbocycles. The Kier molecular flexibility index (Phi) is 36.5. The van der Waals surface area contributed by atoms with Gasteiger partial charge in [0.1, 0.15) is 6.29 Å². The second-order valence-electron chi connectivity index (χ2n) is 3.46. The smallest absolute Gasteiger partial charge is 0.153 e. The molecule has 0 spiro atoms. The van der Waals surface area contributed by atoms with E-state index < -0.39 is 12.6 Å². The summed E-state index contributed by atoms with van der Waals surface area (Å²) >= 11 is 0. The molecule has 109 valence electrons. The Labute approximate surface area is 137 Å². The van der Waals surface area contributed by atoms with Crippen LogP contribution in [0, 0.1) is 18.9 Å². The molecule has 0 saturated carbocycles. The van der Waals surface area contributed by atoms with Crippen molar-refractivity contribution in [2.45, 2.75) is 40.3 Å². The third kappa shape index (κ3) is 24.8. The van der Waals surface area contributed by atoms with E-state index in [1.165, 1.54) is 0 Å². The van der Waals surface area contributed by atoms with Gasteiger partial charge in [-0.25, -0.2) is 7.11 Å². The zero-order chi connectivity index (χ0) is 11.0. The van der Waals surface area contributed by atoms with E-state index in [1.807, 2.05) is 13.8 Å². The van der Waals surface area contributed by atoms with Crippen LogP contribution in [-0.4, -0.2) is 27.9 Å². The molecule has 0 fully saturated rings. The van der Waals surface area contributed by atoms with Crippen molar-refractivity contribution in [2.75, 3.05) is 0 Å². The van der Waals surface area contributed by atoms with Gasteiger partial charge in [0.05, 0.1) is 0 Å². The molecule has 1 unspecified atom stereocenters.